The van der Waals surface area contributed by atoms with Crippen molar-refractivity contribution < 1.29 is 27.7 Å². The topological polar surface area (TPSA) is 88.6 Å². The van der Waals surface area contributed by atoms with Gasteiger partial charge in [-0.05, 0) is 24.3 Å². The lowest BCUT2D eigenvalue weighted by molar-refractivity contribution is -0.384. The highest BCUT2D eigenvalue weighted by molar-refractivity contribution is 6.32. The molecule has 142 valence electrons. The lowest BCUT2D eigenvalue weighted by atomic mass is 10.2. The van der Waals surface area contributed by atoms with Crippen molar-refractivity contribution >= 4 is 23.0 Å². The number of benzene rings is 2. The third-order valence-corrected chi connectivity index (χ3v) is 3.59. The third-order valence-electron chi connectivity index (χ3n) is 3.29. The van der Waals surface area contributed by atoms with Gasteiger partial charge < -0.3 is 4.74 Å². The number of hydroxylamine groups is 1. The Labute approximate surface area is 156 Å². The van der Waals surface area contributed by atoms with Crippen LogP contribution in [0, 0.1) is 21.4 Å². The van der Waals surface area contributed by atoms with E-state index in [1.54, 1.807) is 6.07 Å². The highest BCUT2D eigenvalue weighted by Crippen LogP contribution is 2.38. The first-order chi connectivity index (χ1) is 12.6. The molecule has 0 aliphatic heterocycles. The normalized spacial score (nSPS) is 11.0. The van der Waals surface area contributed by atoms with E-state index < -0.39 is 16.7 Å². The Morgan fingerprint density at radius 3 is 2.56 bits per heavy atom. The maximum atomic E-state index is 12.7. The van der Waals surface area contributed by atoms with E-state index >= 15 is 0 Å². The van der Waals surface area contributed by atoms with Crippen molar-refractivity contribution in [3.05, 3.63) is 57.1 Å². The van der Waals surface area contributed by atoms with Crippen LogP contribution in [-0.4, -0.2) is 18.6 Å². The van der Waals surface area contributed by atoms with E-state index in [9.17, 15) is 23.3 Å². The molecule has 0 heterocycles. The number of ether oxygens (including phenoxy) is 1. The molecule has 27 heavy (non-hydrogen) atoms. The van der Waals surface area contributed by atoms with Crippen LogP contribution in [0.5, 0.6) is 11.5 Å². The summed E-state index contributed by atoms with van der Waals surface area (Å²) in [4.78, 5) is 15.5. The quantitative estimate of drug-likeness (QED) is 0.502. The van der Waals surface area contributed by atoms with E-state index in [0.717, 1.165) is 23.3 Å². The summed E-state index contributed by atoms with van der Waals surface area (Å²) in [6.45, 7) is -0.344. The second-order valence-corrected chi connectivity index (χ2v) is 5.49. The van der Waals surface area contributed by atoms with Gasteiger partial charge in [0, 0.05) is 19.2 Å². The van der Waals surface area contributed by atoms with Crippen LogP contribution in [-0.2, 0) is 11.0 Å². The fourth-order valence-corrected chi connectivity index (χ4v) is 2.27. The van der Waals surface area contributed by atoms with E-state index in [4.69, 9.17) is 26.4 Å². The van der Waals surface area contributed by atoms with Crippen molar-refractivity contribution in [1.82, 2.24) is 0 Å². The minimum absolute atomic E-state index is 0.0178. The summed E-state index contributed by atoms with van der Waals surface area (Å²) in [7, 11) is 1.36. The predicted octanol–water partition coefficient (Wildman–Crippen LogP) is 4.95. The molecule has 0 atom stereocenters. The van der Waals surface area contributed by atoms with Gasteiger partial charge in [0.1, 0.15) is 17.2 Å². The maximum absolute atomic E-state index is 12.7. The van der Waals surface area contributed by atoms with Gasteiger partial charge in [0.25, 0.3) is 5.69 Å². The molecule has 2 aromatic carbocycles. The number of hydrogen-bond donors (Lipinski definition) is 0. The molecule has 0 aliphatic rings. The van der Waals surface area contributed by atoms with E-state index in [-0.39, 0.29) is 34.5 Å². The average molecular weight is 402 g/mol. The molecule has 0 radical (unpaired) electrons. The van der Waals surface area contributed by atoms with E-state index in [1.165, 1.54) is 19.2 Å². The molecule has 0 aromatic heterocycles. The minimum atomic E-state index is -4.55. The average Bonchev–Trinajstić information content (AvgIpc) is 2.60. The predicted molar refractivity (Wildman–Crippen MR) is 89.6 cm³/mol. The molecule has 0 spiro atoms. The van der Waals surface area contributed by atoms with Crippen LogP contribution in [0.25, 0.3) is 0 Å². The number of hydrogen-bond acceptors (Lipinski definition) is 6. The van der Waals surface area contributed by atoms with Crippen LogP contribution >= 0.6 is 11.6 Å². The van der Waals surface area contributed by atoms with Crippen molar-refractivity contribution in [2.24, 2.45) is 0 Å². The third kappa shape index (κ3) is 4.99. The van der Waals surface area contributed by atoms with Crippen molar-refractivity contribution in [1.29, 1.82) is 5.26 Å². The first-order valence-corrected chi connectivity index (χ1v) is 7.58. The van der Waals surface area contributed by atoms with Crippen LogP contribution in [0.4, 0.5) is 24.5 Å². The summed E-state index contributed by atoms with van der Waals surface area (Å²) in [5.74, 6) is 0.00901. The van der Waals surface area contributed by atoms with Gasteiger partial charge in [0.15, 0.2) is 6.61 Å². The molecule has 0 aliphatic carbocycles. The number of halogens is 4. The molecule has 2 aromatic rings. The van der Waals surface area contributed by atoms with Crippen molar-refractivity contribution in [2.45, 2.75) is 6.18 Å². The zero-order valence-corrected chi connectivity index (χ0v) is 14.4. The largest absolute Gasteiger partial charge is 0.456 e. The van der Waals surface area contributed by atoms with Crippen LogP contribution in [0.1, 0.15) is 5.56 Å². The van der Waals surface area contributed by atoms with Gasteiger partial charge in [0.2, 0.25) is 0 Å². The Morgan fingerprint density at radius 2 is 2.00 bits per heavy atom. The molecule has 0 unspecified atom stereocenters. The summed E-state index contributed by atoms with van der Waals surface area (Å²) in [5, 5.41) is 20.4. The lowest BCUT2D eigenvalue weighted by Crippen LogP contribution is -2.19. The Morgan fingerprint density at radius 1 is 1.30 bits per heavy atom. The maximum Gasteiger partial charge on any atom is 0.416 e. The van der Waals surface area contributed by atoms with Crippen LogP contribution in [0.3, 0.4) is 0 Å². The second kappa shape index (κ2) is 8.11. The Balaban J connectivity index is 2.34. The van der Waals surface area contributed by atoms with Crippen molar-refractivity contribution in [3.63, 3.8) is 0 Å². The molecule has 11 heteroatoms. The van der Waals surface area contributed by atoms with Gasteiger partial charge in [0.05, 0.1) is 21.6 Å². The number of nitriles is 1. The van der Waals surface area contributed by atoms with Crippen LogP contribution in [0.2, 0.25) is 5.02 Å². The van der Waals surface area contributed by atoms with Gasteiger partial charge in [-0.1, -0.05) is 11.6 Å². The summed E-state index contributed by atoms with van der Waals surface area (Å²) < 4.78 is 43.5. The van der Waals surface area contributed by atoms with Gasteiger partial charge in [-0.3, -0.25) is 15.0 Å². The smallest absolute Gasteiger partial charge is 0.416 e. The summed E-state index contributed by atoms with van der Waals surface area (Å²) >= 11 is 5.83. The molecule has 0 saturated carbocycles. The minimum Gasteiger partial charge on any atom is -0.456 e. The van der Waals surface area contributed by atoms with E-state index in [0.29, 0.717) is 6.07 Å². The zero-order chi connectivity index (χ0) is 20.2. The monoisotopic (exact) mass is 401 g/mol. The van der Waals surface area contributed by atoms with Crippen molar-refractivity contribution in [3.8, 4) is 17.6 Å². The van der Waals surface area contributed by atoms with Gasteiger partial charge in [-0.15, -0.1) is 0 Å². The molecule has 0 amide bonds. The molecule has 2 rings (SSSR count). The fourth-order valence-electron chi connectivity index (χ4n) is 2.06. The van der Waals surface area contributed by atoms with Crippen LogP contribution in [0.15, 0.2) is 36.4 Å². The number of nitrogens with zero attached hydrogens (tertiary/aromatic N) is 3. The Kier molecular flexibility index (Phi) is 6.09. The molecule has 7 nitrogen and oxygen atoms in total. The number of rotatable bonds is 6. The second-order valence-electron chi connectivity index (χ2n) is 5.08. The number of nitro groups is 1. The molecule has 0 bridgehead atoms. The number of alkyl halides is 3. The first kappa shape index (κ1) is 20.3. The number of nitro benzene ring substituents is 1. The number of anilines is 1. The van der Waals surface area contributed by atoms with E-state index in [1.807, 2.05) is 0 Å². The highest BCUT2D eigenvalue weighted by atomic mass is 35.5. The summed E-state index contributed by atoms with van der Waals surface area (Å²) in [6, 6.07) is 7.91. The lowest BCUT2D eigenvalue weighted by Gasteiger charge is -2.18. The summed E-state index contributed by atoms with van der Waals surface area (Å²) in [5.41, 5.74) is -1.27. The van der Waals surface area contributed by atoms with Gasteiger partial charge in [-0.25, -0.2) is 5.06 Å². The molecule has 0 N–H and O–H groups in total. The first-order valence-electron chi connectivity index (χ1n) is 7.20. The molecule has 0 saturated heterocycles. The SMILES string of the molecule is CN(OCC#N)c1cc(Oc2ccc(C(F)(F)F)cc2Cl)ccc1[N+](=O)[O-]. The fraction of sp³-hybridized carbons (Fsp3) is 0.188. The van der Waals surface area contributed by atoms with Crippen LogP contribution < -0.4 is 9.80 Å². The van der Waals surface area contributed by atoms with Gasteiger partial charge in [-0.2, -0.15) is 18.4 Å². The van der Waals surface area contributed by atoms with Crippen molar-refractivity contribution in [2.75, 3.05) is 18.7 Å². The zero-order valence-electron chi connectivity index (χ0n) is 13.7. The molecular formula is C16H11ClF3N3O4. The summed E-state index contributed by atoms with van der Waals surface area (Å²) in [6.07, 6.45) is -4.55. The van der Waals surface area contributed by atoms with Gasteiger partial charge >= 0.3 is 6.18 Å². The van der Waals surface area contributed by atoms with E-state index in [2.05, 4.69) is 0 Å². The Bertz CT molecular complexity index is 899. The molecular weight excluding hydrogens is 391 g/mol. The molecule has 0 fully saturated rings. The highest BCUT2D eigenvalue weighted by Gasteiger charge is 2.31. The Hall–Kier alpha value is -3.03. The standard InChI is InChI=1S/C16H11ClF3N3O4/c1-22(26-7-6-21)14-9-11(3-4-13(14)23(24)25)27-15-5-2-10(8-12(15)17)16(18,19)20/h2-5,8-9H,7H2,1H3.